The fourth-order valence-corrected chi connectivity index (χ4v) is 4.27. The average Bonchev–Trinajstić information content (AvgIpc) is 3.40. The summed E-state index contributed by atoms with van der Waals surface area (Å²) in [5, 5.41) is 9.43. The van der Waals surface area contributed by atoms with Crippen molar-refractivity contribution in [1.82, 2.24) is 18.7 Å². The molecule has 0 aromatic carbocycles. The molecule has 2 heterocycles. The molecule has 1 atom stereocenters. The highest BCUT2D eigenvalue weighted by atomic mass is 16.5. The summed E-state index contributed by atoms with van der Waals surface area (Å²) in [6.45, 7) is 3.95. The zero-order valence-corrected chi connectivity index (χ0v) is 25.5. The minimum atomic E-state index is -0.461. The van der Waals surface area contributed by atoms with E-state index in [4.69, 9.17) is 4.74 Å². The fourth-order valence-electron chi connectivity index (χ4n) is 4.27. The van der Waals surface area contributed by atoms with Crippen LogP contribution in [0.3, 0.4) is 0 Å². The third-order valence-corrected chi connectivity index (χ3v) is 6.63. The second kappa shape index (κ2) is 20.2. The van der Waals surface area contributed by atoms with Crippen LogP contribution in [0.1, 0.15) is 84.5 Å². The summed E-state index contributed by atoms with van der Waals surface area (Å²) in [6.07, 6.45) is 30.9. The molecule has 2 aromatic heterocycles. The van der Waals surface area contributed by atoms with Gasteiger partial charge >= 0.3 is 11.7 Å². The smallest absolute Gasteiger partial charge is 0.332 e. The minimum Gasteiger partial charge on any atom is -0.444 e. The molecule has 0 aliphatic heterocycles. The number of aromatic nitrogens is 4. The second-order valence-electron chi connectivity index (χ2n) is 10.3. The van der Waals surface area contributed by atoms with Crippen LogP contribution in [-0.2, 0) is 29.9 Å². The number of carbonyl (C=O) groups is 1. The van der Waals surface area contributed by atoms with Crippen molar-refractivity contribution in [3.8, 4) is 0 Å². The number of allylic oxidation sites excluding steroid dienone is 10. The van der Waals surface area contributed by atoms with E-state index in [0.29, 0.717) is 25.7 Å². The Morgan fingerprint density at radius 2 is 1.52 bits per heavy atom. The maximum atomic E-state index is 13.1. The van der Waals surface area contributed by atoms with Crippen molar-refractivity contribution in [2.45, 2.75) is 104 Å². The Balaban J connectivity index is 1.70. The van der Waals surface area contributed by atoms with Crippen molar-refractivity contribution in [3.05, 3.63) is 87.9 Å². The molecule has 0 bridgehead atoms. The van der Waals surface area contributed by atoms with Crippen LogP contribution in [-0.4, -0.2) is 35.9 Å². The van der Waals surface area contributed by atoms with E-state index in [-0.39, 0.29) is 36.8 Å². The van der Waals surface area contributed by atoms with E-state index in [0.717, 1.165) is 38.5 Å². The monoisotopic (exact) mass is 580 g/mol. The second-order valence-corrected chi connectivity index (χ2v) is 10.3. The SMILES string of the molecule is CC/C=C\C/C=C\C/C=C\C/C=C\C/C=C\CCCC(=O)OCn1cnc2c1c(=O)n(CCCCC(C)O)c(=O)n2C. The van der Waals surface area contributed by atoms with E-state index < -0.39 is 17.4 Å². The summed E-state index contributed by atoms with van der Waals surface area (Å²) >= 11 is 0. The molecular weight excluding hydrogens is 532 g/mol. The molecule has 42 heavy (non-hydrogen) atoms. The minimum absolute atomic E-state index is 0.146. The van der Waals surface area contributed by atoms with Crippen molar-refractivity contribution < 1.29 is 14.6 Å². The maximum absolute atomic E-state index is 13.1. The maximum Gasteiger partial charge on any atom is 0.332 e. The molecule has 0 aliphatic rings. The van der Waals surface area contributed by atoms with E-state index in [1.807, 2.05) is 0 Å². The van der Waals surface area contributed by atoms with Gasteiger partial charge in [0, 0.05) is 20.0 Å². The van der Waals surface area contributed by atoms with Crippen molar-refractivity contribution in [2.75, 3.05) is 0 Å². The molecule has 0 saturated carbocycles. The number of fused-ring (bicyclic) bond motifs is 1. The molecule has 9 nitrogen and oxygen atoms in total. The van der Waals surface area contributed by atoms with Gasteiger partial charge in [0.15, 0.2) is 17.9 Å². The lowest BCUT2D eigenvalue weighted by atomic mass is 10.2. The summed E-state index contributed by atoms with van der Waals surface area (Å²) in [7, 11) is 1.56. The standard InChI is InChI=1S/C33H48N4O5/c1-4-5-6-7-8-9-10-11-12-13-14-15-16-17-18-19-20-24-29(39)42-27-36-26-34-31-30(36)32(40)37(33(41)35(31)3)25-22-21-23-28(2)38/h5-6,8-9,11-12,14-15,17-18,26,28,38H,4,7,10,13,16,19-25,27H2,1-3H3/b6-5-,9-8-,12-11-,15-14-,18-17-. The van der Waals surface area contributed by atoms with Crippen molar-refractivity contribution >= 4 is 17.1 Å². The number of imidazole rings is 1. The van der Waals surface area contributed by atoms with E-state index in [2.05, 4.69) is 72.7 Å². The van der Waals surface area contributed by atoms with E-state index in [1.54, 1.807) is 14.0 Å². The number of rotatable bonds is 20. The number of aliphatic hydroxyl groups is 1. The molecule has 0 spiro atoms. The van der Waals surface area contributed by atoms with Gasteiger partial charge in [0.1, 0.15) is 6.33 Å². The highest BCUT2D eigenvalue weighted by Crippen LogP contribution is 2.08. The molecule has 0 radical (unpaired) electrons. The van der Waals surface area contributed by atoms with Gasteiger partial charge in [-0.1, -0.05) is 67.7 Å². The van der Waals surface area contributed by atoms with Crippen molar-refractivity contribution in [1.29, 1.82) is 0 Å². The molecule has 0 aliphatic carbocycles. The Labute approximate surface area is 249 Å². The number of hydrogen-bond acceptors (Lipinski definition) is 6. The third-order valence-electron chi connectivity index (χ3n) is 6.63. The van der Waals surface area contributed by atoms with Crippen LogP contribution >= 0.6 is 0 Å². The van der Waals surface area contributed by atoms with E-state index >= 15 is 0 Å². The van der Waals surface area contributed by atoms with Crippen LogP contribution in [0.15, 0.2) is 76.7 Å². The molecular formula is C33H48N4O5. The number of ether oxygens (including phenoxy) is 1. The highest BCUT2D eigenvalue weighted by Gasteiger charge is 2.17. The molecule has 2 rings (SSSR count). The molecule has 9 heteroatoms. The van der Waals surface area contributed by atoms with E-state index in [1.165, 1.54) is 20.0 Å². The molecule has 1 N–H and O–H groups in total. The molecule has 2 aromatic rings. The van der Waals surface area contributed by atoms with Crippen LogP contribution in [0, 0.1) is 0 Å². The number of aliphatic hydroxyl groups excluding tert-OH is 1. The number of unbranched alkanes of at least 4 members (excludes halogenated alkanes) is 2. The predicted octanol–water partition coefficient (Wildman–Crippen LogP) is 5.87. The first-order valence-electron chi connectivity index (χ1n) is 15.1. The normalized spacial score (nSPS) is 13.2. The highest BCUT2D eigenvalue weighted by molar-refractivity contribution is 5.71. The number of esters is 1. The summed E-state index contributed by atoms with van der Waals surface area (Å²) in [5.74, 6) is -0.354. The zero-order valence-electron chi connectivity index (χ0n) is 25.5. The van der Waals surface area contributed by atoms with Gasteiger partial charge in [-0.15, -0.1) is 0 Å². The van der Waals surface area contributed by atoms with Gasteiger partial charge < -0.3 is 9.84 Å². The lowest BCUT2D eigenvalue weighted by molar-refractivity contribution is -0.147. The van der Waals surface area contributed by atoms with Gasteiger partial charge in [0.25, 0.3) is 5.56 Å². The van der Waals surface area contributed by atoms with Crippen molar-refractivity contribution in [3.63, 3.8) is 0 Å². The molecule has 0 fully saturated rings. The van der Waals surface area contributed by atoms with Gasteiger partial charge in [-0.05, 0) is 71.1 Å². The predicted molar refractivity (Wildman–Crippen MR) is 169 cm³/mol. The van der Waals surface area contributed by atoms with Gasteiger partial charge in [-0.25, -0.2) is 9.78 Å². The molecule has 0 saturated heterocycles. The van der Waals surface area contributed by atoms with E-state index in [9.17, 15) is 19.5 Å². The van der Waals surface area contributed by atoms with Gasteiger partial charge in [-0.3, -0.25) is 23.3 Å². The van der Waals surface area contributed by atoms with Crippen LogP contribution in [0.4, 0.5) is 0 Å². The molecule has 230 valence electrons. The molecule has 1 unspecified atom stereocenters. The quantitative estimate of drug-likeness (QED) is 0.119. The Morgan fingerprint density at radius 1 is 0.929 bits per heavy atom. The number of carbonyl (C=O) groups excluding carboxylic acids is 1. The summed E-state index contributed by atoms with van der Waals surface area (Å²) in [4.78, 5) is 42.2. The van der Waals surface area contributed by atoms with Gasteiger partial charge in [0.2, 0.25) is 0 Å². The number of hydrogen-bond donors (Lipinski definition) is 1. The largest absolute Gasteiger partial charge is 0.444 e. The fraction of sp³-hybridized carbons (Fsp3) is 0.515. The zero-order chi connectivity index (χ0) is 30.6. The first kappa shape index (κ1) is 34.5. The van der Waals surface area contributed by atoms with Crippen LogP contribution in [0.2, 0.25) is 0 Å². The summed E-state index contributed by atoms with van der Waals surface area (Å²) in [6, 6.07) is 0. The lowest BCUT2D eigenvalue weighted by Gasteiger charge is -2.10. The topological polar surface area (TPSA) is 108 Å². The first-order valence-corrected chi connectivity index (χ1v) is 15.1. The van der Waals surface area contributed by atoms with Crippen LogP contribution < -0.4 is 11.2 Å². The van der Waals surface area contributed by atoms with Crippen LogP contribution in [0.25, 0.3) is 11.2 Å². The Kier molecular flexibility index (Phi) is 16.6. The van der Waals surface area contributed by atoms with Gasteiger partial charge in [0.05, 0.1) is 6.10 Å². The van der Waals surface area contributed by atoms with Gasteiger partial charge in [-0.2, -0.15) is 0 Å². The Bertz CT molecular complexity index is 1350. The van der Waals surface area contributed by atoms with Crippen molar-refractivity contribution in [2.24, 2.45) is 7.05 Å². The number of aryl methyl sites for hydroxylation is 1. The Morgan fingerprint density at radius 3 is 2.12 bits per heavy atom. The first-order chi connectivity index (χ1) is 20.4. The Hall–Kier alpha value is -3.72. The summed E-state index contributed by atoms with van der Waals surface area (Å²) < 4.78 is 9.35. The third kappa shape index (κ3) is 12.4. The summed E-state index contributed by atoms with van der Waals surface area (Å²) in [5.41, 5.74) is -0.433. The average molecular weight is 581 g/mol. The number of nitrogens with zero attached hydrogens (tertiary/aromatic N) is 4. The molecule has 0 amide bonds. The van der Waals surface area contributed by atoms with Crippen LogP contribution in [0.5, 0.6) is 0 Å². The lowest BCUT2D eigenvalue weighted by Crippen LogP contribution is -2.39.